The molecule has 1 aromatic rings. The zero-order valence-electron chi connectivity index (χ0n) is 13.3. The first kappa shape index (κ1) is 20.4. The van der Waals surface area contributed by atoms with E-state index >= 15 is 0 Å². The Kier molecular flexibility index (Phi) is 7.67. The molecule has 0 saturated heterocycles. The van der Waals surface area contributed by atoms with E-state index in [0.29, 0.717) is 12.2 Å². The first-order valence-electron chi connectivity index (χ1n) is 6.90. The second kappa shape index (κ2) is 9.02. The van der Waals surface area contributed by atoms with Gasteiger partial charge in [0.05, 0.1) is 24.1 Å². The second-order valence-corrected chi connectivity index (χ2v) is 7.43. The Labute approximate surface area is 144 Å². The van der Waals surface area contributed by atoms with Gasteiger partial charge in [0.15, 0.2) is 5.78 Å². The minimum Gasteiger partial charge on any atom is -0.496 e. The van der Waals surface area contributed by atoms with E-state index in [0.717, 1.165) is 6.07 Å². The largest absolute Gasteiger partial charge is 0.496 e. The first-order chi connectivity index (χ1) is 11.2. The molecule has 4 N–H and O–H groups in total. The van der Waals surface area contributed by atoms with Crippen LogP contribution >= 0.6 is 11.8 Å². The topological polar surface area (TPSA) is 136 Å². The molecule has 1 aromatic carbocycles. The van der Waals surface area contributed by atoms with Crippen LogP contribution in [-0.2, 0) is 14.8 Å². The quantitative estimate of drug-likeness (QED) is 0.497. The van der Waals surface area contributed by atoms with Crippen molar-refractivity contribution in [1.29, 1.82) is 0 Å². The minimum atomic E-state index is -3.97. The van der Waals surface area contributed by atoms with Crippen molar-refractivity contribution < 1.29 is 27.9 Å². The summed E-state index contributed by atoms with van der Waals surface area (Å²) < 4.78 is 27.9. The zero-order chi connectivity index (χ0) is 18.3. The minimum absolute atomic E-state index is 0.0190. The van der Waals surface area contributed by atoms with Crippen LogP contribution in [0.1, 0.15) is 16.8 Å². The van der Waals surface area contributed by atoms with Crippen molar-refractivity contribution in [2.45, 2.75) is 17.4 Å². The van der Waals surface area contributed by atoms with Gasteiger partial charge in [-0.2, -0.15) is 11.8 Å². The lowest BCUT2D eigenvalue weighted by molar-refractivity contribution is -0.139. The monoisotopic (exact) mass is 376 g/mol. The summed E-state index contributed by atoms with van der Waals surface area (Å²) in [6, 6.07) is 2.82. The summed E-state index contributed by atoms with van der Waals surface area (Å²) in [5.74, 6) is -0.734. The van der Waals surface area contributed by atoms with Crippen molar-refractivity contribution in [2.24, 2.45) is 5.14 Å². The number of primary sulfonamides is 1. The molecule has 0 aromatic heterocycles. The fourth-order valence-corrected chi connectivity index (χ4v) is 2.95. The van der Waals surface area contributed by atoms with Gasteiger partial charge in [-0.25, -0.2) is 13.6 Å². The van der Waals surface area contributed by atoms with Crippen LogP contribution < -0.4 is 15.2 Å². The van der Waals surface area contributed by atoms with Crippen LogP contribution in [0.25, 0.3) is 0 Å². The summed E-state index contributed by atoms with van der Waals surface area (Å²) in [6.07, 6.45) is 2.21. The van der Waals surface area contributed by atoms with Crippen molar-refractivity contribution in [3.05, 3.63) is 23.8 Å². The molecule has 0 saturated carbocycles. The molecule has 24 heavy (non-hydrogen) atoms. The van der Waals surface area contributed by atoms with Crippen LogP contribution in [0.5, 0.6) is 5.75 Å². The third-order valence-corrected chi connectivity index (χ3v) is 4.77. The summed E-state index contributed by atoms with van der Waals surface area (Å²) in [5.41, 5.74) is 0.0190. The average Bonchev–Trinajstić information content (AvgIpc) is 2.52. The molecule has 8 nitrogen and oxygen atoms in total. The Morgan fingerprint density at radius 2 is 2.08 bits per heavy atom. The maximum Gasteiger partial charge on any atom is 0.320 e. The number of Topliss-reactive ketones (excluding diaryl/α,β-unsaturated/α-hetero) is 1. The third kappa shape index (κ3) is 5.78. The number of carboxylic acid groups (broad SMARTS) is 1. The van der Waals surface area contributed by atoms with Gasteiger partial charge in [0, 0.05) is 0 Å². The van der Waals surface area contributed by atoms with Crippen LogP contribution in [0.4, 0.5) is 0 Å². The fraction of sp³-hybridized carbons (Fsp3) is 0.429. The molecule has 0 bridgehead atoms. The van der Waals surface area contributed by atoms with E-state index in [9.17, 15) is 18.0 Å². The molecule has 0 fully saturated rings. The maximum atomic E-state index is 12.3. The molecule has 1 rings (SSSR count). The van der Waals surface area contributed by atoms with E-state index in [1.54, 1.807) is 0 Å². The molecule has 134 valence electrons. The average molecular weight is 376 g/mol. The number of ether oxygens (including phenoxy) is 1. The molecule has 0 unspecified atom stereocenters. The number of hydrogen-bond donors (Lipinski definition) is 3. The summed E-state index contributed by atoms with van der Waals surface area (Å²) >= 11 is 1.50. The molecule has 0 aliphatic rings. The summed E-state index contributed by atoms with van der Waals surface area (Å²) in [7, 11) is -2.62. The molecule has 0 spiro atoms. The predicted octanol–water partition coefficient (Wildman–Crippen LogP) is 0.321. The molecule has 0 aliphatic heterocycles. The van der Waals surface area contributed by atoms with E-state index < -0.39 is 27.8 Å². The lowest BCUT2D eigenvalue weighted by Crippen LogP contribution is -2.40. The number of nitrogens with one attached hydrogen (secondary N) is 1. The molecular weight excluding hydrogens is 356 g/mol. The van der Waals surface area contributed by atoms with Crippen LogP contribution in [0.3, 0.4) is 0 Å². The van der Waals surface area contributed by atoms with Crippen LogP contribution in [0, 0.1) is 0 Å². The molecular formula is C14H20N2O6S2. The van der Waals surface area contributed by atoms with Gasteiger partial charge in [-0.3, -0.25) is 14.9 Å². The van der Waals surface area contributed by atoms with Crippen LogP contribution in [-0.4, -0.2) is 57.0 Å². The van der Waals surface area contributed by atoms with Crippen molar-refractivity contribution >= 4 is 33.5 Å². The molecule has 0 aliphatic carbocycles. The zero-order valence-corrected chi connectivity index (χ0v) is 14.9. The SMILES string of the molecule is COc1ccc(S(N)(=O)=O)cc1C(=O)CN[C@@H](CCSC)C(=O)O. The Morgan fingerprint density at radius 1 is 1.42 bits per heavy atom. The van der Waals surface area contributed by atoms with Gasteiger partial charge >= 0.3 is 5.97 Å². The number of hydrogen-bond acceptors (Lipinski definition) is 7. The van der Waals surface area contributed by atoms with Crippen molar-refractivity contribution in [2.75, 3.05) is 25.7 Å². The number of thioether (sulfide) groups is 1. The smallest absolute Gasteiger partial charge is 0.320 e. The van der Waals surface area contributed by atoms with Crippen molar-refractivity contribution in [1.82, 2.24) is 5.32 Å². The summed E-state index contributed by atoms with van der Waals surface area (Å²) in [6.45, 7) is -0.268. The number of nitrogens with two attached hydrogens (primary N) is 1. The van der Waals surface area contributed by atoms with Gasteiger partial charge in [0.1, 0.15) is 11.8 Å². The lowest BCUT2D eigenvalue weighted by atomic mass is 10.1. The number of carboxylic acids is 1. The van der Waals surface area contributed by atoms with Crippen molar-refractivity contribution in [3.8, 4) is 5.75 Å². The highest BCUT2D eigenvalue weighted by Crippen LogP contribution is 2.22. The highest BCUT2D eigenvalue weighted by Gasteiger charge is 2.21. The van der Waals surface area contributed by atoms with Gasteiger partial charge in [0.2, 0.25) is 10.0 Å². The Balaban J connectivity index is 2.95. The van der Waals surface area contributed by atoms with E-state index in [1.807, 2.05) is 6.26 Å². The van der Waals surface area contributed by atoms with Crippen LogP contribution in [0.2, 0.25) is 0 Å². The van der Waals surface area contributed by atoms with E-state index in [-0.39, 0.29) is 22.8 Å². The number of aliphatic carboxylic acids is 1. The lowest BCUT2D eigenvalue weighted by Gasteiger charge is -2.14. The standard InChI is InChI=1S/C14H20N2O6S2/c1-22-13-4-3-9(24(15,20)21)7-10(13)12(17)8-16-11(14(18)19)5-6-23-2/h3-4,7,11,16H,5-6,8H2,1-2H3,(H,18,19)(H2,15,20,21)/t11-/m0/s1. The Morgan fingerprint density at radius 3 is 2.58 bits per heavy atom. The van der Waals surface area contributed by atoms with Gasteiger partial charge < -0.3 is 9.84 Å². The normalized spacial score (nSPS) is 12.6. The van der Waals surface area contributed by atoms with Gasteiger partial charge in [-0.05, 0) is 36.6 Å². The van der Waals surface area contributed by atoms with Gasteiger partial charge in [-0.15, -0.1) is 0 Å². The number of carbonyl (C=O) groups excluding carboxylic acids is 1. The fourth-order valence-electron chi connectivity index (χ4n) is 1.94. The van der Waals surface area contributed by atoms with Gasteiger partial charge in [-0.1, -0.05) is 0 Å². The highest BCUT2D eigenvalue weighted by atomic mass is 32.2. The number of methoxy groups -OCH3 is 1. The first-order valence-corrected chi connectivity index (χ1v) is 9.84. The van der Waals surface area contributed by atoms with E-state index in [4.69, 9.17) is 15.0 Å². The number of ketones is 1. The number of carbonyl (C=O) groups is 2. The van der Waals surface area contributed by atoms with E-state index in [1.165, 1.54) is 31.0 Å². The molecule has 1 atom stereocenters. The molecule has 0 radical (unpaired) electrons. The summed E-state index contributed by atoms with van der Waals surface area (Å²) in [5, 5.41) is 16.9. The molecule has 0 amide bonds. The summed E-state index contributed by atoms with van der Waals surface area (Å²) in [4.78, 5) is 23.3. The second-order valence-electron chi connectivity index (χ2n) is 4.88. The number of rotatable bonds is 10. The van der Waals surface area contributed by atoms with E-state index in [2.05, 4.69) is 5.32 Å². The maximum absolute atomic E-state index is 12.3. The third-order valence-electron chi connectivity index (χ3n) is 3.22. The highest BCUT2D eigenvalue weighted by molar-refractivity contribution is 7.98. The van der Waals surface area contributed by atoms with Crippen LogP contribution in [0.15, 0.2) is 23.1 Å². The van der Waals surface area contributed by atoms with Crippen molar-refractivity contribution in [3.63, 3.8) is 0 Å². The molecule has 0 heterocycles. The number of sulfonamides is 1. The van der Waals surface area contributed by atoms with Gasteiger partial charge in [0.25, 0.3) is 0 Å². The Hall–Kier alpha value is -1.62. The number of benzene rings is 1. The molecule has 10 heteroatoms. The predicted molar refractivity (Wildman–Crippen MR) is 91.1 cm³/mol. The Bertz CT molecular complexity index is 705.